The largest absolute Gasteiger partial charge is 0.245 e. The summed E-state index contributed by atoms with van der Waals surface area (Å²) < 4.78 is 0. The average Bonchev–Trinajstić information content (AvgIpc) is 2.53. The monoisotopic (exact) mass is 308 g/mol. The number of aryl methyl sites for hydroxylation is 2. The third-order valence-corrected chi connectivity index (χ3v) is 5.28. The van der Waals surface area contributed by atoms with E-state index in [0.717, 1.165) is 29.2 Å². The maximum atomic E-state index is 9.42. The van der Waals surface area contributed by atoms with E-state index in [1.807, 2.05) is 0 Å². The maximum Gasteiger partial charge on any atom is 0.114 e. The highest BCUT2D eigenvalue weighted by Crippen LogP contribution is 2.30. The van der Waals surface area contributed by atoms with Crippen molar-refractivity contribution in [2.24, 2.45) is 5.92 Å². The molecule has 2 aromatic rings. The summed E-state index contributed by atoms with van der Waals surface area (Å²) in [7, 11) is 0. The van der Waals surface area contributed by atoms with Crippen molar-refractivity contribution < 1.29 is 0 Å². The third-order valence-electron chi connectivity index (χ3n) is 4.22. The van der Waals surface area contributed by atoms with Crippen LogP contribution in [0.1, 0.15) is 41.3 Å². The zero-order chi connectivity index (χ0) is 15.5. The lowest BCUT2D eigenvalue weighted by Crippen LogP contribution is -2.14. The van der Waals surface area contributed by atoms with Gasteiger partial charge in [0, 0.05) is 11.4 Å². The van der Waals surface area contributed by atoms with Crippen LogP contribution in [0, 0.1) is 24.2 Å². The van der Waals surface area contributed by atoms with Gasteiger partial charge in [0.15, 0.2) is 0 Å². The van der Waals surface area contributed by atoms with Gasteiger partial charge in [0.2, 0.25) is 0 Å². The highest BCUT2D eigenvalue weighted by atomic mass is 32.2. The maximum absolute atomic E-state index is 9.42. The summed E-state index contributed by atoms with van der Waals surface area (Å²) >= 11 is 1.67. The normalized spacial score (nSPS) is 16.9. The first-order valence-corrected chi connectivity index (χ1v) is 8.75. The lowest BCUT2D eigenvalue weighted by atomic mass is 9.87. The molecule has 0 saturated carbocycles. The van der Waals surface area contributed by atoms with Gasteiger partial charge >= 0.3 is 0 Å². The molecule has 0 spiro atoms. The van der Waals surface area contributed by atoms with Gasteiger partial charge in [-0.25, -0.2) is 4.98 Å². The quantitative estimate of drug-likeness (QED) is 0.773. The van der Waals surface area contributed by atoms with Crippen LogP contribution in [0.2, 0.25) is 0 Å². The molecule has 1 aliphatic rings. The lowest BCUT2D eigenvalue weighted by Gasteiger charge is -2.21. The molecule has 0 saturated heterocycles. The van der Waals surface area contributed by atoms with E-state index < -0.39 is 0 Å². The molecular weight excluding hydrogens is 288 g/mol. The zero-order valence-corrected chi connectivity index (χ0v) is 13.9. The van der Waals surface area contributed by atoms with Crippen LogP contribution in [0.3, 0.4) is 0 Å². The van der Waals surface area contributed by atoms with Gasteiger partial charge in [-0.1, -0.05) is 36.8 Å². The van der Waals surface area contributed by atoms with Gasteiger partial charge in [-0.2, -0.15) is 5.26 Å². The van der Waals surface area contributed by atoms with E-state index in [1.54, 1.807) is 11.8 Å². The number of aromatic nitrogens is 1. The first-order chi connectivity index (χ1) is 10.7. The Labute approximate surface area is 136 Å². The summed E-state index contributed by atoms with van der Waals surface area (Å²) in [6.07, 6.45) is 3.30. The van der Waals surface area contributed by atoms with Crippen LogP contribution >= 0.6 is 11.8 Å². The first kappa shape index (κ1) is 15.1. The molecule has 3 rings (SSSR count). The second-order valence-electron chi connectivity index (χ2n) is 6.18. The minimum atomic E-state index is 0.701. The Morgan fingerprint density at radius 3 is 2.82 bits per heavy atom. The van der Waals surface area contributed by atoms with Crippen molar-refractivity contribution in [2.45, 2.75) is 43.9 Å². The molecule has 112 valence electrons. The number of nitriles is 1. The van der Waals surface area contributed by atoms with Crippen LogP contribution < -0.4 is 0 Å². The van der Waals surface area contributed by atoms with Gasteiger partial charge in [-0.3, -0.25) is 0 Å². The lowest BCUT2D eigenvalue weighted by molar-refractivity contribution is 0.491. The molecule has 22 heavy (non-hydrogen) atoms. The van der Waals surface area contributed by atoms with Gasteiger partial charge in [-0.05, 0) is 49.3 Å². The number of hydrogen-bond donors (Lipinski definition) is 0. The number of thioether (sulfide) groups is 1. The van der Waals surface area contributed by atoms with Crippen molar-refractivity contribution in [1.82, 2.24) is 4.98 Å². The van der Waals surface area contributed by atoms with Gasteiger partial charge in [-0.15, -0.1) is 11.8 Å². The Morgan fingerprint density at radius 2 is 2.09 bits per heavy atom. The molecular formula is C19H20N2S. The standard InChI is InChI=1S/C19H20N2S/c1-13-3-6-15(7-4-13)12-22-19-17(11-20)10-16-9-14(2)5-8-18(16)21-19/h3-4,6-7,10,14H,5,8-9,12H2,1-2H3. The summed E-state index contributed by atoms with van der Waals surface area (Å²) in [4.78, 5) is 4.79. The summed E-state index contributed by atoms with van der Waals surface area (Å²) in [5.74, 6) is 1.56. The van der Waals surface area contributed by atoms with E-state index in [1.165, 1.54) is 28.8 Å². The molecule has 1 unspecified atom stereocenters. The predicted molar refractivity (Wildman–Crippen MR) is 90.9 cm³/mol. The molecule has 0 N–H and O–H groups in total. The van der Waals surface area contributed by atoms with Gasteiger partial charge < -0.3 is 0 Å². The number of rotatable bonds is 3. The molecule has 0 aliphatic heterocycles. The van der Waals surface area contributed by atoms with E-state index in [4.69, 9.17) is 4.98 Å². The molecule has 0 fully saturated rings. The molecule has 0 amide bonds. The van der Waals surface area contributed by atoms with Crippen LogP contribution in [0.15, 0.2) is 35.4 Å². The number of benzene rings is 1. The molecule has 1 aliphatic carbocycles. The summed E-state index contributed by atoms with van der Waals surface area (Å²) in [5.41, 5.74) is 5.74. The van der Waals surface area contributed by atoms with Gasteiger partial charge in [0.25, 0.3) is 0 Å². The van der Waals surface area contributed by atoms with Crippen LogP contribution in [-0.2, 0) is 18.6 Å². The Hall–Kier alpha value is -1.79. The summed E-state index contributed by atoms with van der Waals surface area (Å²) in [5, 5.41) is 10.3. The topological polar surface area (TPSA) is 36.7 Å². The highest BCUT2D eigenvalue weighted by molar-refractivity contribution is 7.98. The Balaban J connectivity index is 1.81. The van der Waals surface area contributed by atoms with Crippen molar-refractivity contribution in [1.29, 1.82) is 5.26 Å². The van der Waals surface area contributed by atoms with Crippen LogP contribution in [-0.4, -0.2) is 4.98 Å². The Bertz CT molecular complexity index is 713. The Kier molecular flexibility index (Phi) is 4.49. The number of hydrogen-bond acceptors (Lipinski definition) is 3. The summed E-state index contributed by atoms with van der Waals surface area (Å²) in [6.45, 7) is 4.37. The number of pyridine rings is 1. The molecule has 0 bridgehead atoms. The van der Waals surface area contributed by atoms with Crippen LogP contribution in [0.5, 0.6) is 0 Å². The number of fused-ring (bicyclic) bond motifs is 1. The van der Waals surface area contributed by atoms with E-state index in [0.29, 0.717) is 5.92 Å². The van der Waals surface area contributed by atoms with Crippen molar-refractivity contribution in [2.75, 3.05) is 0 Å². The van der Waals surface area contributed by atoms with Crippen molar-refractivity contribution in [3.63, 3.8) is 0 Å². The van der Waals surface area contributed by atoms with E-state index in [9.17, 15) is 5.26 Å². The molecule has 1 aromatic carbocycles. The molecule has 2 nitrogen and oxygen atoms in total. The van der Waals surface area contributed by atoms with Crippen molar-refractivity contribution in [3.05, 3.63) is 58.3 Å². The molecule has 1 atom stereocenters. The second kappa shape index (κ2) is 6.54. The van der Waals surface area contributed by atoms with Crippen molar-refractivity contribution >= 4 is 11.8 Å². The van der Waals surface area contributed by atoms with E-state index in [2.05, 4.69) is 50.2 Å². The smallest absolute Gasteiger partial charge is 0.114 e. The van der Waals surface area contributed by atoms with Crippen molar-refractivity contribution in [3.8, 4) is 6.07 Å². The highest BCUT2D eigenvalue weighted by Gasteiger charge is 2.19. The second-order valence-corrected chi connectivity index (χ2v) is 7.14. The molecule has 0 radical (unpaired) electrons. The minimum absolute atomic E-state index is 0.701. The van der Waals surface area contributed by atoms with Crippen LogP contribution in [0.4, 0.5) is 0 Å². The average molecular weight is 308 g/mol. The fraction of sp³-hybridized carbons (Fsp3) is 0.368. The fourth-order valence-electron chi connectivity index (χ4n) is 2.85. The summed E-state index contributed by atoms with van der Waals surface area (Å²) in [6, 6.07) is 12.9. The fourth-order valence-corrected chi connectivity index (χ4v) is 3.78. The molecule has 1 heterocycles. The zero-order valence-electron chi connectivity index (χ0n) is 13.1. The minimum Gasteiger partial charge on any atom is -0.245 e. The van der Waals surface area contributed by atoms with Crippen LogP contribution in [0.25, 0.3) is 0 Å². The molecule has 3 heteroatoms. The third kappa shape index (κ3) is 3.34. The van der Waals surface area contributed by atoms with Gasteiger partial charge in [0.1, 0.15) is 11.1 Å². The first-order valence-electron chi connectivity index (χ1n) is 7.77. The predicted octanol–water partition coefficient (Wildman–Crippen LogP) is 4.68. The number of nitrogens with zero attached hydrogens (tertiary/aromatic N) is 2. The SMILES string of the molecule is Cc1ccc(CSc2nc3c(cc2C#N)CC(C)CC3)cc1. The van der Waals surface area contributed by atoms with E-state index in [-0.39, 0.29) is 0 Å². The van der Waals surface area contributed by atoms with E-state index >= 15 is 0 Å². The van der Waals surface area contributed by atoms with Gasteiger partial charge in [0.05, 0.1) is 5.56 Å². The Morgan fingerprint density at radius 1 is 1.32 bits per heavy atom. The molecule has 1 aromatic heterocycles.